The van der Waals surface area contributed by atoms with Crippen molar-refractivity contribution < 1.29 is 9.53 Å². The third-order valence-corrected chi connectivity index (χ3v) is 3.79. The lowest BCUT2D eigenvalue weighted by Crippen LogP contribution is -2.36. The van der Waals surface area contributed by atoms with Crippen LogP contribution < -0.4 is 15.8 Å². The fourth-order valence-electron chi connectivity index (χ4n) is 2.39. The Bertz CT molecular complexity index is 511. The minimum Gasteiger partial charge on any atom is -0.483 e. The van der Waals surface area contributed by atoms with Crippen LogP contribution in [-0.2, 0) is 4.79 Å². The molecule has 0 heterocycles. The van der Waals surface area contributed by atoms with E-state index < -0.39 is 0 Å². The molecule has 0 aromatic heterocycles. The van der Waals surface area contributed by atoms with Gasteiger partial charge in [-0.1, -0.05) is 37.2 Å². The topological polar surface area (TPSA) is 64.3 Å². The molecule has 108 valence electrons. The summed E-state index contributed by atoms with van der Waals surface area (Å²) in [7, 11) is 0. The smallest absolute Gasteiger partial charge is 0.258 e. The Morgan fingerprint density at radius 1 is 1.45 bits per heavy atom. The summed E-state index contributed by atoms with van der Waals surface area (Å²) in [5, 5.41) is 2.99. The molecule has 1 fully saturated rings. The number of nitrogens with one attached hydrogen (secondary N) is 1. The fraction of sp³-hybridized carbons (Fsp3) is 0.467. The molecule has 0 saturated heterocycles. The molecule has 1 aromatic rings. The molecule has 0 bridgehead atoms. The highest BCUT2D eigenvalue weighted by atomic mass is 32.1. The Hall–Kier alpha value is -1.62. The standard InChI is InChI=1S/C15H20N2O2S/c1-10-6-7-11(15(16)20)8-13(10)19-9-14(18)17-12-4-2-3-5-12/h6-8,12H,2-5,9H2,1H3,(H2,16,20)(H,17,18). The van der Waals surface area contributed by atoms with Gasteiger partial charge >= 0.3 is 0 Å². The molecule has 1 saturated carbocycles. The highest BCUT2D eigenvalue weighted by Crippen LogP contribution is 2.20. The maximum atomic E-state index is 11.8. The maximum Gasteiger partial charge on any atom is 0.258 e. The van der Waals surface area contributed by atoms with Gasteiger partial charge in [-0.3, -0.25) is 4.79 Å². The van der Waals surface area contributed by atoms with Gasteiger partial charge in [-0.25, -0.2) is 0 Å². The SMILES string of the molecule is Cc1ccc(C(N)=S)cc1OCC(=O)NC1CCCC1. The number of carbonyl (C=O) groups excluding carboxylic acids is 1. The second kappa shape index (κ2) is 6.70. The molecular formula is C15H20N2O2S. The molecule has 0 spiro atoms. The van der Waals surface area contributed by atoms with Crippen molar-refractivity contribution in [3.05, 3.63) is 29.3 Å². The Balaban J connectivity index is 1.90. The van der Waals surface area contributed by atoms with Crippen LogP contribution in [0.3, 0.4) is 0 Å². The third kappa shape index (κ3) is 3.93. The van der Waals surface area contributed by atoms with E-state index in [1.165, 1.54) is 12.8 Å². The second-order valence-electron chi connectivity index (χ2n) is 5.18. The van der Waals surface area contributed by atoms with E-state index >= 15 is 0 Å². The minimum atomic E-state index is -0.0722. The van der Waals surface area contributed by atoms with Crippen LogP contribution in [0, 0.1) is 6.92 Å². The van der Waals surface area contributed by atoms with Crippen molar-refractivity contribution >= 4 is 23.1 Å². The molecule has 0 radical (unpaired) electrons. The molecule has 1 aliphatic rings. The number of benzene rings is 1. The number of rotatable bonds is 5. The first-order chi connectivity index (χ1) is 9.56. The molecule has 0 unspecified atom stereocenters. The van der Waals surface area contributed by atoms with Crippen LogP contribution >= 0.6 is 12.2 Å². The van der Waals surface area contributed by atoms with Gasteiger partial charge in [-0.15, -0.1) is 0 Å². The first kappa shape index (κ1) is 14.8. The summed E-state index contributed by atoms with van der Waals surface area (Å²) in [6, 6.07) is 5.83. The zero-order valence-electron chi connectivity index (χ0n) is 11.6. The number of hydrogen-bond donors (Lipinski definition) is 2. The van der Waals surface area contributed by atoms with Crippen LogP contribution in [0.4, 0.5) is 0 Å². The minimum absolute atomic E-state index is 0.0259. The largest absolute Gasteiger partial charge is 0.483 e. The molecule has 4 nitrogen and oxygen atoms in total. The second-order valence-corrected chi connectivity index (χ2v) is 5.62. The van der Waals surface area contributed by atoms with Gasteiger partial charge in [-0.2, -0.15) is 0 Å². The van der Waals surface area contributed by atoms with Crippen LogP contribution in [0.5, 0.6) is 5.75 Å². The average molecular weight is 292 g/mol. The number of carbonyl (C=O) groups is 1. The lowest BCUT2D eigenvalue weighted by atomic mass is 10.1. The summed E-state index contributed by atoms with van der Waals surface area (Å²) >= 11 is 4.94. The van der Waals surface area contributed by atoms with Gasteiger partial charge in [0.2, 0.25) is 0 Å². The quantitative estimate of drug-likeness (QED) is 0.815. The van der Waals surface area contributed by atoms with Crippen molar-refractivity contribution in [1.82, 2.24) is 5.32 Å². The average Bonchev–Trinajstić information content (AvgIpc) is 2.90. The van der Waals surface area contributed by atoms with Crippen LogP contribution in [-0.4, -0.2) is 23.5 Å². The normalized spacial score (nSPS) is 15.1. The van der Waals surface area contributed by atoms with E-state index in [2.05, 4.69) is 5.32 Å². The van der Waals surface area contributed by atoms with E-state index in [0.717, 1.165) is 24.0 Å². The van der Waals surface area contributed by atoms with E-state index in [1.807, 2.05) is 19.1 Å². The Kier molecular flexibility index (Phi) is 4.95. The van der Waals surface area contributed by atoms with Crippen molar-refractivity contribution in [3.8, 4) is 5.75 Å². The van der Waals surface area contributed by atoms with E-state index in [1.54, 1.807) is 6.07 Å². The summed E-state index contributed by atoms with van der Waals surface area (Å²) < 4.78 is 5.57. The molecular weight excluding hydrogens is 272 g/mol. The molecule has 1 aromatic carbocycles. The van der Waals surface area contributed by atoms with Gasteiger partial charge in [0.15, 0.2) is 6.61 Å². The summed E-state index contributed by atoms with van der Waals surface area (Å²) in [6.07, 6.45) is 4.53. The lowest BCUT2D eigenvalue weighted by Gasteiger charge is -2.14. The van der Waals surface area contributed by atoms with Crippen molar-refractivity contribution in [1.29, 1.82) is 0 Å². The molecule has 20 heavy (non-hydrogen) atoms. The number of hydrogen-bond acceptors (Lipinski definition) is 3. The Morgan fingerprint density at radius 3 is 2.80 bits per heavy atom. The zero-order valence-corrected chi connectivity index (χ0v) is 12.5. The number of ether oxygens (including phenoxy) is 1. The molecule has 0 atom stereocenters. The van der Waals surface area contributed by atoms with Gasteiger partial charge in [0.05, 0.1) is 0 Å². The first-order valence-corrected chi connectivity index (χ1v) is 7.29. The van der Waals surface area contributed by atoms with Crippen molar-refractivity contribution in [2.24, 2.45) is 5.73 Å². The number of aryl methyl sites for hydroxylation is 1. The van der Waals surface area contributed by atoms with Gasteiger partial charge < -0.3 is 15.8 Å². The molecule has 0 aliphatic heterocycles. The Labute approximate surface area is 124 Å². The maximum absolute atomic E-state index is 11.8. The zero-order chi connectivity index (χ0) is 14.5. The first-order valence-electron chi connectivity index (χ1n) is 6.89. The van der Waals surface area contributed by atoms with Gasteiger partial charge in [0.1, 0.15) is 10.7 Å². The molecule has 3 N–H and O–H groups in total. The fourth-order valence-corrected chi connectivity index (χ4v) is 2.52. The predicted molar refractivity (Wildman–Crippen MR) is 83.0 cm³/mol. The molecule has 2 rings (SSSR count). The van der Waals surface area contributed by atoms with Crippen LogP contribution in [0.1, 0.15) is 36.8 Å². The van der Waals surface area contributed by atoms with E-state index in [9.17, 15) is 4.79 Å². The molecule has 5 heteroatoms. The van der Waals surface area contributed by atoms with Crippen LogP contribution in [0.2, 0.25) is 0 Å². The van der Waals surface area contributed by atoms with Gasteiger partial charge in [0, 0.05) is 11.6 Å². The summed E-state index contributed by atoms with van der Waals surface area (Å²) in [5.74, 6) is 0.578. The monoisotopic (exact) mass is 292 g/mol. The number of thiocarbonyl (C=S) groups is 1. The van der Waals surface area contributed by atoms with E-state index in [4.69, 9.17) is 22.7 Å². The third-order valence-electron chi connectivity index (χ3n) is 3.55. The van der Waals surface area contributed by atoms with Gasteiger partial charge in [0.25, 0.3) is 5.91 Å². The highest BCUT2D eigenvalue weighted by molar-refractivity contribution is 7.80. The Morgan fingerprint density at radius 2 is 2.15 bits per heavy atom. The predicted octanol–water partition coefficient (Wildman–Crippen LogP) is 2.07. The summed E-state index contributed by atoms with van der Waals surface area (Å²) in [4.78, 5) is 12.1. The van der Waals surface area contributed by atoms with Crippen molar-refractivity contribution in [2.75, 3.05) is 6.61 Å². The lowest BCUT2D eigenvalue weighted by molar-refractivity contribution is -0.123. The summed E-state index contributed by atoms with van der Waals surface area (Å²) in [5.41, 5.74) is 7.30. The van der Waals surface area contributed by atoms with Crippen LogP contribution in [0.15, 0.2) is 18.2 Å². The molecule has 1 aliphatic carbocycles. The van der Waals surface area contributed by atoms with Crippen LogP contribution in [0.25, 0.3) is 0 Å². The number of nitrogens with two attached hydrogens (primary N) is 1. The number of amides is 1. The van der Waals surface area contributed by atoms with Crippen molar-refractivity contribution in [2.45, 2.75) is 38.6 Å². The van der Waals surface area contributed by atoms with Gasteiger partial charge in [-0.05, 0) is 31.4 Å². The highest BCUT2D eigenvalue weighted by Gasteiger charge is 2.17. The molecule has 1 amide bonds. The van der Waals surface area contributed by atoms with Crippen molar-refractivity contribution in [3.63, 3.8) is 0 Å². The van der Waals surface area contributed by atoms with E-state index in [-0.39, 0.29) is 12.5 Å². The summed E-state index contributed by atoms with van der Waals surface area (Å²) in [6.45, 7) is 1.95. The van der Waals surface area contributed by atoms with E-state index in [0.29, 0.717) is 16.8 Å².